The van der Waals surface area contributed by atoms with Gasteiger partial charge in [0.25, 0.3) is 0 Å². The minimum atomic E-state index is -4.88. The van der Waals surface area contributed by atoms with Gasteiger partial charge in [-0.15, -0.1) is 0 Å². The maximum atomic E-state index is 14.3. The van der Waals surface area contributed by atoms with Crippen molar-refractivity contribution in [3.63, 3.8) is 0 Å². The van der Waals surface area contributed by atoms with Crippen LogP contribution in [0.15, 0.2) is 42.5 Å². The Labute approximate surface area is 200 Å². The maximum Gasteiger partial charge on any atom is 0.461 e. The van der Waals surface area contributed by atoms with Crippen LogP contribution < -0.4 is 9.46 Å². The van der Waals surface area contributed by atoms with Crippen molar-refractivity contribution in [2.75, 3.05) is 7.11 Å². The van der Waals surface area contributed by atoms with Crippen LogP contribution in [0.1, 0.15) is 43.5 Å². The number of halogens is 6. The van der Waals surface area contributed by atoms with E-state index in [0.29, 0.717) is 6.07 Å². The second-order valence-electron chi connectivity index (χ2n) is 8.25. The summed E-state index contributed by atoms with van der Waals surface area (Å²) in [4.78, 5) is 11.4. The summed E-state index contributed by atoms with van der Waals surface area (Å²) in [5.41, 5.74) is 0.00112. The number of rotatable bonds is 9. The fourth-order valence-electron chi connectivity index (χ4n) is 2.72. The van der Waals surface area contributed by atoms with Gasteiger partial charge in [0.15, 0.2) is 0 Å². The zero-order valence-electron chi connectivity index (χ0n) is 19.1. The van der Waals surface area contributed by atoms with E-state index in [-0.39, 0.29) is 16.7 Å². The lowest BCUT2D eigenvalue weighted by Gasteiger charge is -2.26. The van der Waals surface area contributed by atoms with Crippen molar-refractivity contribution in [2.45, 2.75) is 44.1 Å². The van der Waals surface area contributed by atoms with E-state index in [1.165, 1.54) is 12.1 Å². The molecule has 0 bridgehead atoms. The molecule has 2 aromatic carbocycles. The summed E-state index contributed by atoms with van der Waals surface area (Å²) in [7, 11) is -0.672. The van der Waals surface area contributed by atoms with Crippen LogP contribution >= 0.6 is 0 Å². The van der Waals surface area contributed by atoms with Gasteiger partial charge >= 0.3 is 18.5 Å². The van der Waals surface area contributed by atoms with E-state index in [2.05, 4.69) is 14.2 Å². The largest absolute Gasteiger partial charge is 0.466 e. The molecule has 2 aromatic rings. The van der Waals surface area contributed by atoms with Gasteiger partial charge in [0.2, 0.25) is 0 Å². The zero-order chi connectivity index (χ0) is 26.6. The van der Waals surface area contributed by atoms with Crippen molar-refractivity contribution in [3.05, 3.63) is 70.8 Å². The highest BCUT2D eigenvalue weighted by molar-refractivity contribution is 7.84. The van der Waals surface area contributed by atoms with Gasteiger partial charge in [-0.1, -0.05) is 6.07 Å². The maximum absolute atomic E-state index is 14.3. The summed E-state index contributed by atoms with van der Waals surface area (Å²) in [6, 6.07) is 4.64. The Morgan fingerprint density at radius 2 is 1.71 bits per heavy atom. The van der Waals surface area contributed by atoms with Crippen molar-refractivity contribution in [2.24, 2.45) is 0 Å². The van der Waals surface area contributed by atoms with Gasteiger partial charge in [-0.05, 0) is 62.2 Å². The van der Waals surface area contributed by atoms with Crippen molar-refractivity contribution in [3.8, 4) is 5.75 Å². The van der Waals surface area contributed by atoms with Crippen molar-refractivity contribution < 1.29 is 44.8 Å². The Balaban J connectivity index is 2.61. The van der Waals surface area contributed by atoms with E-state index in [1.54, 1.807) is 20.8 Å². The molecule has 0 aliphatic carbocycles. The molecule has 0 radical (unpaired) electrons. The number of esters is 1. The third-order valence-electron chi connectivity index (χ3n) is 4.47. The third kappa shape index (κ3) is 7.82. The number of hydrogen-bond acceptors (Lipinski definition) is 4. The molecule has 0 saturated carbocycles. The van der Waals surface area contributed by atoms with E-state index in [0.717, 1.165) is 37.5 Å². The molecule has 0 amide bonds. The van der Waals surface area contributed by atoms with E-state index < -0.39 is 57.7 Å². The molecule has 0 aliphatic rings. The van der Waals surface area contributed by atoms with Gasteiger partial charge in [-0.2, -0.15) is 17.6 Å². The highest BCUT2D eigenvalue weighted by Gasteiger charge is 2.44. The van der Waals surface area contributed by atoms with Crippen LogP contribution in [0.5, 0.6) is 5.75 Å². The topological polar surface area (TPSA) is 64.6 Å². The lowest BCUT2D eigenvalue weighted by molar-refractivity contribution is -0.253. The minimum Gasteiger partial charge on any atom is -0.466 e. The van der Waals surface area contributed by atoms with Crippen molar-refractivity contribution >= 4 is 23.0 Å². The van der Waals surface area contributed by atoms with Gasteiger partial charge in [-0.25, -0.2) is 22.5 Å². The van der Waals surface area contributed by atoms with Crippen LogP contribution in [0.2, 0.25) is 0 Å². The number of benzene rings is 2. The predicted octanol–water partition coefficient (Wildman–Crippen LogP) is 5.53. The summed E-state index contributed by atoms with van der Waals surface area (Å²) < 4.78 is 104. The minimum absolute atomic E-state index is 0.0849. The van der Waals surface area contributed by atoms with Crippen LogP contribution in [0, 0.1) is 11.6 Å². The van der Waals surface area contributed by atoms with E-state index in [4.69, 9.17) is 0 Å². The van der Waals surface area contributed by atoms with Crippen LogP contribution in [0.3, 0.4) is 0 Å². The molecule has 35 heavy (non-hydrogen) atoms. The number of carbonyl (C=O) groups excluding carboxylic acids is 1. The average Bonchev–Trinajstić information content (AvgIpc) is 2.75. The number of nitrogens with one attached hydrogen (secondary N) is 1. The van der Waals surface area contributed by atoms with Crippen LogP contribution in [0.25, 0.3) is 6.08 Å². The standard InChI is InChI=1S/C23H23F6NO4S/c1-22(2,3)35(32)30-20(14-5-7-18(25)13(9-14)6-8-19(31)33-4)15-10-16(24)12-17(11-15)34-23(28,29)21(26)27/h5-12,20-21,30H,1-4H3/b8-6+. The predicted molar refractivity (Wildman–Crippen MR) is 118 cm³/mol. The lowest BCUT2D eigenvalue weighted by atomic mass is 9.97. The van der Waals surface area contributed by atoms with Crippen molar-refractivity contribution in [1.29, 1.82) is 0 Å². The molecule has 2 rings (SSSR count). The molecule has 192 valence electrons. The second-order valence-corrected chi connectivity index (χ2v) is 10.3. The molecular weight excluding hydrogens is 500 g/mol. The first kappa shape index (κ1) is 28.4. The molecule has 0 fully saturated rings. The number of methoxy groups -OCH3 is 1. The van der Waals surface area contributed by atoms with Crippen LogP contribution in [-0.2, 0) is 20.5 Å². The fraction of sp³-hybridized carbons (Fsp3) is 0.348. The van der Waals surface area contributed by atoms with E-state index in [9.17, 15) is 35.3 Å². The molecule has 2 unspecified atom stereocenters. The first-order valence-corrected chi connectivity index (χ1v) is 11.2. The summed E-state index contributed by atoms with van der Waals surface area (Å²) in [6.07, 6.45) is -6.98. The Morgan fingerprint density at radius 1 is 1.06 bits per heavy atom. The van der Waals surface area contributed by atoms with Gasteiger partial charge < -0.3 is 9.47 Å². The highest BCUT2D eigenvalue weighted by atomic mass is 32.2. The molecule has 12 heteroatoms. The number of alkyl halides is 4. The first-order valence-electron chi connectivity index (χ1n) is 10.0. The number of hydrogen-bond donors (Lipinski definition) is 1. The Hall–Kier alpha value is -2.86. The van der Waals surface area contributed by atoms with E-state index >= 15 is 0 Å². The Morgan fingerprint density at radius 3 is 2.29 bits per heavy atom. The molecule has 0 aliphatic heterocycles. The van der Waals surface area contributed by atoms with Crippen LogP contribution in [0.4, 0.5) is 26.3 Å². The first-order chi connectivity index (χ1) is 16.1. The monoisotopic (exact) mass is 523 g/mol. The Kier molecular flexibility index (Phi) is 9.12. The molecule has 0 aromatic heterocycles. The highest BCUT2D eigenvalue weighted by Crippen LogP contribution is 2.33. The molecular formula is C23H23F6NO4S. The normalized spacial score (nSPS) is 14.3. The van der Waals surface area contributed by atoms with Gasteiger partial charge in [0, 0.05) is 17.7 Å². The fourth-order valence-corrected chi connectivity index (χ4v) is 3.56. The third-order valence-corrected chi connectivity index (χ3v) is 6.03. The number of ether oxygens (including phenoxy) is 2. The van der Waals surface area contributed by atoms with Crippen LogP contribution in [-0.4, -0.2) is 34.6 Å². The second kappa shape index (κ2) is 11.3. The van der Waals surface area contributed by atoms with Gasteiger partial charge in [0.1, 0.15) is 17.4 Å². The molecule has 0 heterocycles. The van der Waals surface area contributed by atoms with Crippen molar-refractivity contribution in [1.82, 2.24) is 4.72 Å². The molecule has 1 N–H and O–H groups in total. The molecule has 2 atom stereocenters. The zero-order valence-corrected chi connectivity index (χ0v) is 19.9. The smallest absolute Gasteiger partial charge is 0.461 e. The average molecular weight is 523 g/mol. The molecule has 0 spiro atoms. The van der Waals surface area contributed by atoms with Gasteiger partial charge in [0.05, 0.1) is 28.9 Å². The van der Waals surface area contributed by atoms with E-state index in [1.807, 2.05) is 0 Å². The summed E-state index contributed by atoms with van der Waals surface area (Å²) in [5.74, 6) is -3.48. The summed E-state index contributed by atoms with van der Waals surface area (Å²) >= 11 is 0. The summed E-state index contributed by atoms with van der Waals surface area (Å²) in [6.45, 7) is 4.89. The number of carbonyl (C=O) groups is 1. The Bertz CT molecular complexity index is 1120. The molecule has 0 saturated heterocycles. The quantitative estimate of drug-likeness (QED) is 0.267. The molecule has 5 nitrogen and oxygen atoms in total. The summed E-state index contributed by atoms with van der Waals surface area (Å²) in [5, 5.41) is 0. The van der Waals surface area contributed by atoms with Gasteiger partial charge in [-0.3, -0.25) is 0 Å². The lowest BCUT2D eigenvalue weighted by Crippen LogP contribution is -2.36. The SMILES string of the molecule is COC(=O)/C=C/c1cc(C(NS(=O)C(C)(C)C)c2cc(F)cc(OC(F)(F)C(F)F)c2)ccc1F.